The van der Waals surface area contributed by atoms with Crippen LogP contribution in [0, 0.1) is 11.6 Å². The molecule has 44 heavy (non-hydrogen) atoms. The number of halogens is 3. The Hall–Kier alpha value is -4.02. The van der Waals surface area contributed by atoms with Crippen LogP contribution < -0.4 is 44.6 Å². The molecule has 0 aliphatic carbocycles. The lowest BCUT2D eigenvalue weighted by Crippen LogP contribution is -2.32. The number of amides is 1. The molecule has 2 fully saturated rings. The second kappa shape index (κ2) is 19.3. The van der Waals surface area contributed by atoms with Crippen LogP contribution in [0.25, 0.3) is 0 Å². The number of nitrogens with zero attached hydrogens (tertiary/aromatic N) is 5. The molecule has 5 rings (SSSR count). The van der Waals surface area contributed by atoms with E-state index in [1.807, 2.05) is 0 Å². The smallest absolute Gasteiger partial charge is 0.233 e. The Kier molecular flexibility index (Phi) is 17.5. The van der Waals surface area contributed by atoms with Crippen molar-refractivity contribution in [2.45, 2.75) is 38.5 Å². The quantitative estimate of drug-likeness (QED) is 0.119. The zero-order valence-corrected chi connectivity index (χ0v) is 25.8. The number of anilines is 5. The number of Topliss-reactive ketones (excluding diaryl/α,β-unsaturated/α-hetero) is 1. The summed E-state index contributed by atoms with van der Waals surface area (Å²) in [6.45, 7) is 3.68. The number of carbonyl (C=O) groups is 2. The molecule has 1 amide bonds. The lowest BCUT2D eigenvalue weighted by atomic mass is 10.1. The van der Waals surface area contributed by atoms with Gasteiger partial charge < -0.3 is 44.6 Å². The van der Waals surface area contributed by atoms with E-state index in [-0.39, 0.29) is 42.3 Å². The second-order valence-corrected chi connectivity index (χ2v) is 9.48. The molecule has 0 unspecified atom stereocenters. The van der Waals surface area contributed by atoms with Gasteiger partial charge in [0.15, 0.2) is 17.4 Å². The number of aromatic nitrogens is 3. The van der Waals surface area contributed by atoms with Crippen LogP contribution in [0.1, 0.15) is 54.6 Å². The zero-order chi connectivity index (χ0) is 28.5. The van der Waals surface area contributed by atoms with Crippen LogP contribution in [0.3, 0.4) is 0 Å². The third kappa shape index (κ3) is 10.6. The third-order valence-electron chi connectivity index (χ3n) is 6.63. The van der Waals surface area contributed by atoms with Gasteiger partial charge in [-0.05, 0) is 75.5 Å². The Morgan fingerprint density at radius 3 is 1.80 bits per heavy atom. The van der Waals surface area contributed by atoms with Crippen molar-refractivity contribution in [3.05, 3.63) is 59.7 Å². The molecule has 1 aromatic heterocycles. The molecule has 2 aliphatic heterocycles. The van der Waals surface area contributed by atoms with E-state index in [0.29, 0.717) is 29.1 Å². The molecule has 0 spiro atoms. The molecular formula is C28H52ClF2N11O2. The van der Waals surface area contributed by atoms with Crippen molar-refractivity contribution in [2.75, 3.05) is 53.7 Å². The second-order valence-electron chi connectivity index (χ2n) is 9.48. The summed E-state index contributed by atoms with van der Waals surface area (Å²) in [4.78, 5) is 43.2. The normalized spacial score (nSPS) is 13.5. The molecule has 3 heterocycles. The summed E-state index contributed by atoms with van der Waals surface area (Å²) in [5, 5.41) is 5.63. The highest BCUT2D eigenvalue weighted by Gasteiger charge is 2.21. The third-order valence-corrected chi connectivity index (χ3v) is 6.63. The Labute approximate surface area is 268 Å². The maximum atomic E-state index is 13.4. The molecule has 0 bridgehead atoms. The highest BCUT2D eigenvalue weighted by molar-refractivity contribution is 6.11. The molecule has 16 heteroatoms. The molecular weight excluding hydrogens is 596 g/mol. The van der Waals surface area contributed by atoms with Crippen LogP contribution in [0.15, 0.2) is 42.5 Å². The average molecular weight is 648 g/mol. The Morgan fingerprint density at radius 2 is 1.27 bits per heavy atom. The number of carbonyl (C=O) groups excluding carboxylic acids is 2. The number of ketones is 1. The average Bonchev–Trinajstić information content (AvgIpc) is 3.52. The molecule has 0 radical (unpaired) electrons. The minimum atomic E-state index is -1.08. The van der Waals surface area contributed by atoms with Gasteiger partial charge in [-0.1, -0.05) is 0 Å². The fourth-order valence-corrected chi connectivity index (χ4v) is 4.60. The standard InChI is InChI=1S/C27H29F2N7O2.CH5N.ClH.3H3N.4H2/c28-21-11-10-20(16-22(21)29)30-24(38)17-23(37)18-6-8-19(9-7-18)31-25-32-26(35-12-2-1-3-13-35)34-27(33-25)36-14-4-5-15-36;1-2;;;;;;;;/h6-11,16H,1-5,12-15,17H2,(H,30,38)(H,31,32,33,34);2H2,1H3;1H;3*1H3;4*1H. The van der Waals surface area contributed by atoms with Gasteiger partial charge in [-0.25, -0.2) is 8.78 Å². The SMILES string of the molecule is CN.Cl.N.N.N.O=C(CC(=O)c1ccc(Nc2nc(N3CCCCC3)nc(N3CCCC3)n2)cc1)Nc1ccc(F)c(F)c1.[HH].[HH].[HH].[HH]. The van der Waals surface area contributed by atoms with E-state index in [2.05, 4.69) is 36.1 Å². The molecule has 2 aromatic carbocycles. The number of piperidine rings is 1. The van der Waals surface area contributed by atoms with E-state index < -0.39 is 29.7 Å². The van der Waals surface area contributed by atoms with Crippen molar-refractivity contribution in [1.29, 1.82) is 0 Å². The zero-order valence-electron chi connectivity index (χ0n) is 25.0. The number of nitrogens with one attached hydrogen (secondary N) is 2. The van der Waals surface area contributed by atoms with Gasteiger partial charge in [0.2, 0.25) is 23.8 Å². The van der Waals surface area contributed by atoms with E-state index in [1.54, 1.807) is 24.3 Å². The molecule has 2 aliphatic rings. The minimum Gasteiger partial charge on any atom is -0.344 e. The summed E-state index contributed by atoms with van der Waals surface area (Å²) in [5.74, 6) is -1.34. The summed E-state index contributed by atoms with van der Waals surface area (Å²) in [7, 11) is 1.50. The number of rotatable bonds is 8. The maximum absolute atomic E-state index is 13.4. The summed E-state index contributed by atoms with van der Waals surface area (Å²) in [5.41, 5.74) is 5.62. The van der Waals surface area contributed by atoms with Gasteiger partial charge in [0.25, 0.3) is 0 Å². The molecule has 13 N–H and O–H groups in total. The molecule has 13 nitrogen and oxygen atoms in total. The molecule has 0 saturated carbocycles. The first-order valence-electron chi connectivity index (χ1n) is 13.4. The van der Waals surface area contributed by atoms with Crippen molar-refractivity contribution >= 4 is 53.3 Å². The predicted molar refractivity (Wildman–Crippen MR) is 182 cm³/mol. The topological polar surface area (TPSA) is 234 Å². The van der Waals surface area contributed by atoms with E-state index in [1.165, 1.54) is 19.5 Å². The number of hydrogen-bond acceptors (Lipinski definition) is 12. The minimum absolute atomic E-state index is 0. The first-order valence-corrected chi connectivity index (χ1v) is 13.4. The summed E-state index contributed by atoms with van der Waals surface area (Å²) >= 11 is 0. The van der Waals surface area contributed by atoms with Crippen molar-refractivity contribution in [1.82, 2.24) is 33.4 Å². The van der Waals surface area contributed by atoms with Crippen LogP contribution in [0.4, 0.5) is 38.0 Å². The van der Waals surface area contributed by atoms with Gasteiger partial charge in [0.1, 0.15) is 0 Å². The van der Waals surface area contributed by atoms with Gasteiger partial charge in [-0.15, -0.1) is 12.4 Å². The van der Waals surface area contributed by atoms with Crippen molar-refractivity contribution in [3.8, 4) is 0 Å². The van der Waals surface area contributed by atoms with Crippen LogP contribution in [0.5, 0.6) is 0 Å². The van der Waals surface area contributed by atoms with Gasteiger partial charge in [-0.2, -0.15) is 15.0 Å². The van der Waals surface area contributed by atoms with Gasteiger partial charge in [-0.3, -0.25) is 9.59 Å². The Bertz CT molecular complexity index is 1340. The van der Waals surface area contributed by atoms with E-state index >= 15 is 0 Å². The highest BCUT2D eigenvalue weighted by atomic mass is 35.5. The number of hydrogen-bond donors (Lipinski definition) is 6. The lowest BCUT2D eigenvalue weighted by Gasteiger charge is -2.27. The first-order chi connectivity index (χ1) is 19.4. The Morgan fingerprint density at radius 1 is 0.773 bits per heavy atom. The van der Waals surface area contributed by atoms with Crippen molar-refractivity contribution < 1.29 is 24.1 Å². The molecule has 0 atom stereocenters. The summed E-state index contributed by atoms with van der Waals surface area (Å²) in [6.07, 6.45) is 5.23. The lowest BCUT2D eigenvalue weighted by molar-refractivity contribution is -0.115. The largest absolute Gasteiger partial charge is 0.344 e. The van der Waals surface area contributed by atoms with Crippen LogP contribution in [0.2, 0.25) is 0 Å². The fraction of sp³-hybridized carbons (Fsp3) is 0.393. The van der Waals surface area contributed by atoms with Gasteiger partial charge in [0, 0.05) is 54.9 Å². The molecule has 252 valence electrons. The van der Waals surface area contributed by atoms with Crippen LogP contribution in [-0.4, -0.2) is 59.9 Å². The monoisotopic (exact) mass is 647 g/mol. The number of nitrogens with two attached hydrogens (primary N) is 1. The van der Waals surface area contributed by atoms with Crippen LogP contribution >= 0.6 is 12.4 Å². The van der Waals surface area contributed by atoms with E-state index in [0.717, 1.165) is 64.0 Å². The molecule has 3 aromatic rings. The maximum Gasteiger partial charge on any atom is 0.233 e. The van der Waals surface area contributed by atoms with Gasteiger partial charge in [0.05, 0.1) is 6.42 Å². The van der Waals surface area contributed by atoms with Crippen molar-refractivity contribution in [2.24, 2.45) is 5.73 Å². The van der Waals surface area contributed by atoms with Crippen molar-refractivity contribution in [3.63, 3.8) is 0 Å². The fourth-order valence-electron chi connectivity index (χ4n) is 4.60. The number of benzene rings is 2. The highest BCUT2D eigenvalue weighted by Crippen LogP contribution is 2.24. The van der Waals surface area contributed by atoms with E-state index in [9.17, 15) is 18.4 Å². The first kappa shape index (κ1) is 40.0. The van der Waals surface area contributed by atoms with E-state index in [4.69, 9.17) is 4.98 Å². The van der Waals surface area contributed by atoms with Crippen LogP contribution in [-0.2, 0) is 4.79 Å². The summed E-state index contributed by atoms with van der Waals surface area (Å²) < 4.78 is 26.4. The molecule has 2 saturated heterocycles. The Balaban J connectivity index is -0.000000605. The predicted octanol–water partition coefficient (Wildman–Crippen LogP) is 6.16. The van der Waals surface area contributed by atoms with Gasteiger partial charge >= 0.3 is 0 Å². The summed E-state index contributed by atoms with van der Waals surface area (Å²) in [6, 6.07) is 9.68.